The van der Waals surface area contributed by atoms with E-state index in [0.717, 1.165) is 21.7 Å². The van der Waals surface area contributed by atoms with Crippen LogP contribution in [0.2, 0.25) is 5.02 Å². The molecule has 10 heteroatoms. The number of benzene rings is 1. The topological polar surface area (TPSA) is 79.8 Å². The van der Waals surface area contributed by atoms with Crippen LogP contribution in [0.4, 0.5) is 0 Å². The van der Waals surface area contributed by atoms with E-state index in [1.807, 2.05) is 25.3 Å². The van der Waals surface area contributed by atoms with Crippen LogP contribution in [0, 0.1) is 0 Å². The molecule has 2 heterocycles. The molecule has 0 saturated carbocycles. The Morgan fingerprint density at radius 1 is 1.28 bits per heavy atom. The number of ether oxygens (including phenoxy) is 1. The van der Waals surface area contributed by atoms with E-state index in [2.05, 4.69) is 15.5 Å². The fourth-order valence-electron chi connectivity index (χ4n) is 2.41. The zero-order valence-corrected chi connectivity index (χ0v) is 15.6. The standard InChI is InChI=1S/C15H17ClN6O2S/c1-4-21-12(7-8-17-21)24-9-10-5-6-11(16)13(14(10)25-3)22-15(23)20(2)18-19-22/h5-8H,4,9H2,1-3H3. The maximum atomic E-state index is 12.2. The lowest BCUT2D eigenvalue weighted by Gasteiger charge is -2.14. The van der Waals surface area contributed by atoms with Crippen molar-refractivity contribution in [3.8, 4) is 11.6 Å². The van der Waals surface area contributed by atoms with Gasteiger partial charge in [-0.1, -0.05) is 17.7 Å². The molecule has 0 unspecified atom stereocenters. The Kier molecular flexibility index (Phi) is 5.14. The Morgan fingerprint density at radius 3 is 2.72 bits per heavy atom. The summed E-state index contributed by atoms with van der Waals surface area (Å²) in [6, 6.07) is 5.42. The quantitative estimate of drug-likeness (QED) is 0.609. The summed E-state index contributed by atoms with van der Waals surface area (Å²) in [5, 5.41) is 12.3. The number of aromatic nitrogens is 6. The van der Waals surface area contributed by atoms with Crippen molar-refractivity contribution in [2.45, 2.75) is 25.0 Å². The van der Waals surface area contributed by atoms with Gasteiger partial charge in [-0.15, -0.1) is 11.8 Å². The second-order valence-electron chi connectivity index (χ2n) is 5.16. The lowest BCUT2D eigenvalue weighted by molar-refractivity contribution is 0.271. The van der Waals surface area contributed by atoms with Gasteiger partial charge in [-0.2, -0.15) is 14.5 Å². The molecule has 0 aliphatic heterocycles. The molecule has 0 aliphatic rings. The van der Waals surface area contributed by atoms with Crippen LogP contribution < -0.4 is 10.4 Å². The van der Waals surface area contributed by atoms with Crippen molar-refractivity contribution in [3.63, 3.8) is 0 Å². The zero-order valence-electron chi connectivity index (χ0n) is 14.0. The first-order valence-corrected chi connectivity index (χ1v) is 9.16. The second kappa shape index (κ2) is 7.32. The van der Waals surface area contributed by atoms with Gasteiger partial charge in [0.25, 0.3) is 0 Å². The second-order valence-corrected chi connectivity index (χ2v) is 6.38. The predicted molar refractivity (Wildman–Crippen MR) is 95.6 cm³/mol. The van der Waals surface area contributed by atoms with Crippen LogP contribution in [0.15, 0.2) is 34.1 Å². The molecule has 8 nitrogen and oxygen atoms in total. The molecular formula is C15H17ClN6O2S. The maximum Gasteiger partial charge on any atom is 0.368 e. The third-order valence-corrected chi connectivity index (χ3v) is 4.82. The predicted octanol–water partition coefficient (Wildman–Crippen LogP) is 2.14. The molecule has 132 valence electrons. The van der Waals surface area contributed by atoms with Crippen LogP contribution in [0.25, 0.3) is 5.69 Å². The van der Waals surface area contributed by atoms with Crippen molar-refractivity contribution in [2.24, 2.45) is 7.05 Å². The van der Waals surface area contributed by atoms with Gasteiger partial charge < -0.3 is 4.74 Å². The SMILES string of the molecule is CCn1nccc1OCc1ccc(Cl)c(-n2nnn(C)c2=O)c1SC. The Morgan fingerprint density at radius 2 is 2.08 bits per heavy atom. The van der Waals surface area contributed by atoms with Gasteiger partial charge in [0.05, 0.1) is 11.2 Å². The first-order chi connectivity index (χ1) is 12.1. The molecule has 3 aromatic rings. The van der Waals surface area contributed by atoms with Crippen molar-refractivity contribution in [1.29, 1.82) is 0 Å². The molecule has 0 atom stereocenters. The lowest BCUT2D eigenvalue weighted by atomic mass is 10.2. The van der Waals surface area contributed by atoms with E-state index in [1.54, 1.807) is 16.9 Å². The fourth-order valence-corrected chi connectivity index (χ4v) is 3.49. The molecule has 0 aliphatic carbocycles. The molecule has 0 radical (unpaired) electrons. The van der Waals surface area contributed by atoms with Gasteiger partial charge in [0, 0.05) is 30.1 Å². The van der Waals surface area contributed by atoms with E-state index in [0.29, 0.717) is 23.2 Å². The minimum atomic E-state index is -0.362. The van der Waals surface area contributed by atoms with Crippen LogP contribution in [0.3, 0.4) is 0 Å². The Balaban J connectivity index is 2.00. The maximum absolute atomic E-state index is 12.2. The van der Waals surface area contributed by atoms with Crippen molar-refractivity contribution in [3.05, 3.63) is 45.5 Å². The number of rotatable bonds is 6. The zero-order chi connectivity index (χ0) is 18.0. The van der Waals surface area contributed by atoms with Crippen LogP contribution >= 0.6 is 23.4 Å². The summed E-state index contributed by atoms with van der Waals surface area (Å²) in [7, 11) is 1.54. The summed E-state index contributed by atoms with van der Waals surface area (Å²) in [5.41, 5.74) is 1.05. The number of hydrogen-bond donors (Lipinski definition) is 0. The minimum Gasteiger partial charge on any atom is -0.473 e. The summed E-state index contributed by atoms with van der Waals surface area (Å²) in [5.74, 6) is 0.683. The van der Waals surface area contributed by atoms with Crippen molar-refractivity contribution in [2.75, 3.05) is 6.26 Å². The van der Waals surface area contributed by atoms with Crippen molar-refractivity contribution in [1.82, 2.24) is 29.6 Å². The number of hydrogen-bond acceptors (Lipinski definition) is 6. The summed E-state index contributed by atoms with van der Waals surface area (Å²) in [6.45, 7) is 3.04. The first-order valence-electron chi connectivity index (χ1n) is 7.56. The van der Waals surface area contributed by atoms with Gasteiger partial charge in [-0.05, 0) is 29.7 Å². The molecule has 3 rings (SSSR count). The highest BCUT2D eigenvalue weighted by Crippen LogP contribution is 2.33. The summed E-state index contributed by atoms with van der Waals surface area (Å²) in [4.78, 5) is 13.0. The highest BCUT2D eigenvalue weighted by Gasteiger charge is 2.18. The van der Waals surface area contributed by atoms with Crippen LogP contribution in [-0.2, 0) is 20.2 Å². The number of halogens is 1. The summed E-state index contributed by atoms with van der Waals surface area (Å²) in [6.07, 6.45) is 3.61. The molecule has 25 heavy (non-hydrogen) atoms. The Hall–Kier alpha value is -2.26. The van der Waals surface area contributed by atoms with Gasteiger partial charge in [-0.3, -0.25) is 0 Å². The molecular weight excluding hydrogens is 364 g/mol. The van der Waals surface area contributed by atoms with Gasteiger partial charge >= 0.3 is 5.69 Å². The molecule has 0 amide bonds. The van der Waals surface area contributed by atoms with Crippen LogP contribution in [0.1, 0.15) is 12.5 Å². The molecule has 0 fully saturated rings. The number of nitrogens with zero attached hydrogens (tertiary/aromatic N) is 6. The summed E-state index contributed by atoms with van der Waals surface area (Å²) >= 11 is 7.81. The molecule has 0 spiro atoms. The van der Waals surface area contributed by atoms with E-state index in [1.165, 1.54) is 23.5 Å². The van der Waals surface area contributed by atoms with Gasteiger partial charge in [0.1, 0.15) is 12.3 Å². The number of aryl methyl sites for hydroxylation is 2. The summed E-state index contributed by atoms with van der Waals surface area (Å²) < 4.78 is 10.0. The highest BCUT2D eigenvalue weighted by molar-refractivity contribution is 7.98. The lowest BCUT2D eigenvalue weighted by Crippen LogP contribution is -2.23. The van der Waals surface area contributed by atoms with Crippen LogP contribution in [0.5, 0.6) is 5.88 Å². The van der Waals surface area contributed by atoms with E-state index in [-0.39, 0.29) is 5.69 Å². The van der Waals surface area contributed by atoms with Gasteiger partial charge in [0.15, 0.2) is 0 Å². The Bertz CT molecular complexity index is 948. The number of tetrazole rings is 1. The van der Waals surface area contributed by atoms with Gasteiger partial charge in [-0.25, -0.2) is 9.48 Å². The van der Waals surface area contributed by atoms with Crippen molar-refractivity contribution < 1.29 is 4.74 Å². The first kappa shape index (κ1) is 17.6. The molecule has 0 N–H and O–H groups in total. The molecule has 0 saturated heterocycles. The van der Waals surface area contributed by atoms with Crippen molar-refractivity contribution >= 4 is 23.4 Å². The minimum absolute atomic E-state index is 0.320. The monoisotopic (exact) mass is 380 g/mol. The molecule has 1 aromatic carbocycles. The third kappa shape index (κ3) is 3.29. The molecule has 2 aromatic heterocycles. The van der Waals surface area contributed by atoms with E-state index < -0.39 is 0 Å². The average molecular weight is 381 g/mol. The van der Waals surface area contributed by atoms with E-state index in [4.69, 9.17) is 16.3 Å². The largest absolute Gasteiger partial charge is 0.473 e. The average Bonchev–Trinajstić information content (AvgIpc) is 3.20. The third-order valence-electron chi connectivity index (χ3n) is 3.65. The normalized spacial score (nSPS) is 11.0. The van der Waals surface area contributed by atoms with Crippen LogP contribution in [-0.4, -0.2) is 35.8 Å². The molecule has 0 bridgehead atoms. The Labute approximate surface area is 153 Å². The van der Waals surface area contributed by atoms with E-state index in [9.17, 15) is 4.79 Å². The smallest absolute Gasteiger partial charge is 0.368 e. The van der Waals surface area contributed by atoms with Gasteiger partial charge in [0.2, 0.25) is 5.88 Å². The van der Waals surface area contributed by atoms with E-state index >= 15 is 0 Å². The highest BCUT2D eigenvalue weighted by atomic mass is 35.5. The fraction of sp³-hybridized carbons (Fsp3) is 0.333. The number of thioether (sulfide) groups is 1.